The van der Waals surface area contributed by atoms with Crippen LogP contribution in [-0.2, 0) is 37.3 Å². The van der Waals surface area contributed by atoms with Gasteiger partial charge in [-0.15, -0.1) is 0 Å². The maximum atomic E-state index is 14.9. The molecule has 1 aliphatic carbocycles. The summed E-state index contributed by atoms with van der Waals surface area (Å²) in [6.45, 7) is 19.2. The maximum absolute atomic E-state index is 14.9. The van der Waals surface area contributed by atoms with Gasteiger partial charge in [0.1, 0.15) is 0 Å². The predicted octanol–water partition coefficient (Wildman–Crippen LogP) is 8.87. The molecule has 3 fully saturated rings. The molecule has 9 nitrogen and oxygen atoms in total. The van der Waals surface area contributed by atoms with Crippen molar-refractivity contribution in [3.05, 3.63) is 106 Å². The molecule has 2 aliphatic heterocycles. The molecule has 1 unspecified atom stereocenters. The van der Waals surface area contributed by atoms with Crippen LogP contribution in [0.5, 0.6) is 0 Å². The zero-order chi connectivity index (χ0) is 41.7. The summed E-state index contributed by atoms with van der Waals surface area (Å²) in [7, 11) is 0. The molecule has 1 saturated carbocycles. The third kappa shape index (κ3) is 10.4. The fourth-order valence-corrected chi connectivity index (χ4v) is 9.07. The molecule has 3 aromatic carbocycles. The first-order valence-electron chi connectivity index (χ1n) is 21.6. The van der Waals surface area contributed by atoms with Crippen molar-refractivity contribution in [3.63, 3.8) is 0 Å². The van der Waals surface area contributed by atoms with Crippen LogP contribution in [0.2, 0.25) is 0 Å². The fourth-order valence-electron chi connectivity index (χ4n) is 9.07. The van der Waals surface area contributed by atoms with Gasteiger partial charge in [-0.2, -0.15) is 0 Å². The van der Waals surface area contributed by atoms with Gasteiger partial charge in [-0.3, -0.25) is 9.59 Å². The van der Waals surface area contributed by atoms with Crippen LogP contribution < -0.4 is 0 Å². The van der Waals surface area contributed by atoms with E-state index in [0.717, 1.165) is 54.4 Å². The molecule has 2 heterocycles. The molecule has 0 radical (unpaired) electrons. The van der Waals surface area contributed by atoms with E-state index in [9.17, 15) is 14.7 Å². The van der Waals surface area contributed by atoms with E-state index in [1.165, 1.54) is 0 Å². The Labute approximate surface area is 347 Å². The van der Waals surface area contributed by atoms with Crippen molar-refractivity contribution >= 4 is 11.8 Å². The Bertz CT molecular complexity index is 1830. The highest BCUT2D eigenvalue weighted by Gasteiger charge is 2.43. The van der Waals surface area contributed by atoms with E-state index in [2.05, 4.69) is 37.8 Å². The van der Waals surface area contributed by atoms with Crippen LogP contribution in [0.1, 0.15) is 130 Å². The third-order valence-corrected chi connectivity index (χ3v) is 12.9. The van der Waals surface area contributed by atoms with Crippen LogP contribution in [0.3, 0.4) is 0 Å². The summed E-state index contributed by atoms with van der Waals surface area (Å²) in [5, 5.41) is 11.7. The SMILES string of the molecule is CCC1(N(CC2COC(C)(C)OC2)C(=O)c2ccccc2CCC(O)Cc2ccc(C)cc2C(=O)N(CC2COC(C)(C)OC2)C(C)(C)c2ccccc2)CCCC1. The Morgan fingerprint density at radius 3 is 1.93 bits per heavy atom. The first-order chi connectivity index (χ1) is 27.5. The summed E-state index contributed by atoms with van der Waals surface area (Å²) in [6, 6.07) is 23.9. The van der Waals surface area contributed by atoms with Gasteiger partial charge in [0.25, 0.3) is 11.8 Å². The molecule has 1 atom stereocenters. The summed E-state index contributed by atoms with van der Waals surface area (Å²) in [5.74, 6) is -1.23. The van der Waals surface area contributed by atoms with E-state index < -0.39 is 23.2 Å². The molecule has 1 N–H and O–H groups in total. The predicted molar refractivity (Wildman–Crippen MR) is 228 cm³/mol. The molecular weight excluding hydrogens is 729 g/mol. The zero-order valence-corrected chi connectivity index (χ0v) is 36.4. The van der Waals surface area contributed by atoms with Crippen molar-refractivity contribution in [1.82, 2.24) is 9.80 Å². The van der Waals surface area contributed by atoms with Gasteiger partial charge in [0.05, 0.1) is 38.1 Å². The number of carbonyl (C=O) groups excluding carboxylic acids is 2. The lowest BCUT2D eigenvalue weighted by Crippen LogP contribution is -2.54. The highest BCUT2D eigenvalue weighted by molar-refractivity contribution is 5.97. The molecule has 2 saturated heterocycles. The minimum Gasteiger partial charge on any atom is -0.393 e. The highest BCUT2D eigenvalue weighted by Crippen LogP contribution is 2.40. The summed E-state index contributed by atoms with van der Waals surface area (Å²) < 4.78 is 24.1. The second-order valence-corrected chi connectivity index (χ2v) is 18.5. The smallest absolute Gasteiger partial charge is 0.254 e. The van der Waals surface area contributed by atoms with Crippen LogP contribution in [0, 0.1) is 18.8 Å². The Hall–Kier alpha value is -3.60. The lowest BCUT2D eigenvalue weighted by Gasteiger charge is -2.45. The van der Waals surface area contributed by atoms with Gasteiger partial charge in [0, 0.05) is 41.6 Å². The number of aliphatic hydroxyl groups excluding tert-OH is 1. The van der Waals surface area contributed by atoms with Crippen molar-refractivity contribution in [1.29, 1.82) is 0 Å². The minimum atomic E-state index is -0.733. The molecule has 0 spiro atoms. The molecule has 3 aromatic rings. The number of carbonyl (C=O) groups is 2. The molecule has 58 heavy (non-hydrogen) atoms. The van der Waals surface area contributed by atoms with Crippen molar-refractivity contribution in [2.45, 2.75) is 136 Å². The van der Waals surface area contributed by atoms with Gasteiger partial charge in [0.2, 0.25) is 0 Å². The molecule has 0 aromatic heterocycles. The van der Waals surface area contributed by atoms with Gasteiger partial charge in [-0.05, 0) is 116 Å². The van der Waals surface area contributed by atoms with Crippen molar-refractivity contribution in [2.75, 3.05) is 39.5 Å². The molecular formula is C49H68N2O7. The fraction of sp³-hybridized carbons (Fsp3) is 0.592. The Balaban J connectivity index is 1.20. The number of aliphatic hydroxyl groups is 1. The first-order valence-corrected chi connectivity index (χ1v) is 21.6. The van der Waals surface area contributed by atoms with Crippen LogP contribution in [0.4, 0.5) is 0 Å². The van der Waals surface area contributed by atoms with E-state index >= 15 is 0 Å². The second-order valence-electron chi connectivity index (χ2n) is 18.5. The van der Waals surface area contributed by atoms with Crippen LogP contribution in [0.25, 0.3) is 0 Å². The lowest BCUT2D eigenvalue weighted by atomic mass is 9.88. The van der Waals surface area contributed by atoms with E-state index in [1.807, 2.05) is 100 Å². The van der Waals surface area contributed by atoms with E-state index in [0.29, 0.717) is 69.9 Å². The second kappa shape index (κ2) is 18.3. The summed E-state index contributed by atoms with van der Waals surface area (Å²) >= 11 is 0. The lowest BCUT2D eigenvalue weighted by molar-refractivity contribution is -0.263. The van der Waals surface area contributed by atoms with E-state index in [4.69, 9.17) is 18.9 Å². The number of ether oxygens (including phenoxy) is 4. The Kier molecular flexibility index (Phi) is 13.9. The molecule has 2 amide bonds. The van der Waals surface area contributed by atoms with Gasteiger partial charge < -0.3 is 33.9 Å². The number of amides is 2. The molecule has 0 bridgehead atoms. The number of benzene rings is 3. The quantitative estimate of drug-likeness (QED) is 0.164. The summed E-state index contributed by atoms with van der Waals surface area (Å²) in [5.41, 5.74) is 4.18. The van der Waals surface area contributed by atoms with Gasteiger partial charge in [-0.25, -0.2) is 0 Å². The normalized spacial score (nSPS) is 20.1. The van der Waals surface area contributed by atoms with E-state index in [-0.39, 0.29) is 29.2 Å². The Morgan fingerprint density at radius 2 is 1.33 bits per heavy atom. The van der Waals surface area contributed by atoms with Gasteiger partial charge >= 0.3 is 0 Å². The largest absolute Gasteiger partial charge is 0.393 e. The van der Waals surface area contributed by atoms with Crippen molar-refractivity contribution in [3.8, 4) is 0 Å². The van der Waals surface area contributed by atoms with Crippen molar-refractivity contribution in [2.24, 2.45) is 11.8 Å². The third-order valence-electron chi connectivity index (χ3n) is 12.9. The first kappa shape index (κ1) is 44.0. The van der Waals surface area contributed by atoms with Crippen LogP contribution in [-0.4, -0.2) is 89.5 Å². The number of nitrogens with zero attached hydrogens (tertiary/aromatic N) is 2. The van der Waals surface area contributed by atoms with Crippen molar-refractivity contribution < 1.29 is 33.6 Å². The number of hydrogen-bond acceptors (Lipinski definition) is 7. The number of hydrogen-bond donors (Lipinski definition) is 1. The van der Waals surface area contributed by atoms with Crippen LogP contribution >= 0.6 is 0 Å². The molecule has 3 aliphatic rings. The number of aryl methyl sites for hydroxylation is 2. The monoisotopic (exact) mass is 797 g/mol. The van der Waals surface area contributed by atoms with Crippen LogP contribution in [0.15, 0.2) is 72.8 Å². The highest BCUT2D eigenvalue weighted by atomic mass is 16.7. The summed E-state index contributed by atoms with van der Waals surface area (Å²) in [4.78, 5) is 33.8. The number of rotatable bonds is 15. The van der Waals surface area contributed by atoms with Gasteiger partial charge in [0.15, 0.2) is 11.6 Å². The molecule has 316 valence electrons. The average Bonchev–Trinajstić information content (AvgIpc) is 3.70. The Morgan fingerprint density at radius 1 is 0.759 bits per heavy atom. The average molecular weight is 797 g/mol. The zero-order valence-electron chi connectivity index (χ0n) is 36.4. The maximum Gasteiger partial charge on any atom is 0.254 e. The summed E-state index contributed by atoms with van der Waals surface area (Å²) in [6.07, 6.45) is 5.66. The topological polar surface area (TPSA) is 97.8 Å². The standard InChI is InChI=1S/C49H68N2O7/c1-9-49(25-15-16-26-49)51(30-37-33-57-48(7,8)58-34-37)44(53)42-20-14-13-17-38(42)23-24-41(52)28-39-22-21-35(2)27-43(39)45(54)50(29-36-31-55-47(5,6)56-32-36)46(3,4)40-18-11-10-12-19-40/h10-14,17-22,27,36-37,41,52H,9,15-16,23-26,28-34H2,1-8H3. The van der Waals surface area contributed by atoms with E-state index in [1.54, 1.807) is 0 Å². The minimum absolute atomic E-state index is 0.00475. The molecule has 9 heteroatoms. The van der Waals surface area contributed by atoms with Gasteiger partial charge in [-0.1, -0.05) is 86.0 Å². The molecule has 6 rings (SSSR count).